The molecule has 0 aromatic heterocycles. The number of nitrogens with zero attached hydrogens (tertiary/aromatic N) is 5. The number of aldehydes is 1. The summed E-state index contributed by atoms with van der Waals surface area (Å²) in [5.74, 6) is -10.1. The first-order valence-corrected chi connectivity index (χ1v) is 25.9. The molecule has 21 N–H and O–H groups in total. The summed E-state index contributed by atoms with van der Waals surface area (Å²) in [5, 5.41) is 51.9. The van der Waals surface area contributed by atoms with Crippen LogP contribution >= 0.6 is 0 Å². The van der Waals surface area contributed by atoms with Crippen LogP contribution in [0.3, 0.4) is 0 Å². The molecule has 35 heteroatoms. The van der Waals surface area contributed by atoms with E-state index in [2.05, 4.69) is 52.5 Å². The Morgan fingerprint density at radius 1 is 0.732 bits per heavy atom. The quantitative estimate of drug-likeness (QED) is 0.00739. The number of hydrogen-bond donors (Lipinski definition) is 15. The van der Waals surface area contributed by atoms with E-state index < -0.39 is 148 Å². The van der Waals surface area contributed by atoms with Gasteiger partial charge in [0.1, 0.15) is 48.2 Å². The van der Waals surface area contributed by atoms with Gasteiger partial charge in [0.15, 0.2) is 11.9 Å². The minimum atomic E-state index is -1.78. The van der Waals surface area contributed by atoms with Crippen LogP contribution in [0.15, 0.2) is 28.2 Å². The largest absolute Gasteiger partial charge is 0.481 e. The van der Waals surface area contributed by atoms with Crippen molar-refractivity contribution in [3.63, 3.8) is 0 Å². The SMILES string of the molecule is CC(C)C[C@H](NC(=O)CNC(=O)[C@H](CCC(N)=O)NC(=O)[C@@H]1CCCN1C(=O)[C@H](N)CCCN=C(N)N)C(=O)N[C@@H](CNc1ccc([N+](=O)[O-])cc1[N+](=O)[O-])C(=O)N[C@@H](C)C(=O)N[C@H](CCCN=C(N)N)C(=O)N[C@@H](C=O)CCC(=O)O. The van der Waals surface area contributed by atoms with E-state index in [0.717, 1.165) is 12.1 Å². The van der Waals surface area contributed by atoms with Crippen molar-refractivity contribution in [3.05, 3.63) is 38.4 Å². The molecule has 454 valence electrons. The molecule has 8 atom stereocenters. The number of hydrogen-bond acceptors (Lipinski definition) is 19. The van der Waals surface area contributed by atoms with Crippen molar-refractivity contribution >= 4 is 94.4 Å². The Bertz CT molecular complexity index is 2540. The van der Waals surface area contributed by atoms with Crippen LogP contribution in [0.4, 0.5) is 17.1 Å². The van der Waals surface area contributed by atoms with E-state index in [-0.39, 0.29) is 94.5 Å². The highest BCUT2D eigenvalue weighted by molar-refractivity contribution is 5.98. The Kier molecular flexibility index (Phi) is 29.1. The molecule has 1 aliphatic heterocycles. The number of carboxylic acids is 1. The predicted molar refractivity (Wildman–Crippen MR) is 292 cm³/mol. The first kappa shape index (κ1) is 68.8. The van der Waals surface area contributed by atoms with Crippen LogP contribution in [-0.4, -0.2) is 178 Å². The molecule has 82 heavy (non-hydrogen) atoms. The molecular weight excluding hydrogens is 1090 g/mol. The number of carbonyl (C=O) groups excluding carboxylic acids is 10. The number of guanidine groups is 2. The van der Waals surface area contributed by atoms with Gasteiger partial charge in [-0.15, -0.1) is 0 Å². The van der Waals surface area contributed by atoms with Gasteiger partial charge in [-0.05, 0) is 76.7 Å². The second-order valence-corrected chi connectivity index (χ2v) is 19.4. The van der Waals surface area contributed by atoms with Crippen molar-refractivity contribution in [1.29, 1.82) is 0 Å². The number of primary amides is 1. The number of anilines is 1. The van der Waals surface area contributed by atoms with E-state index in [0.29, 0.717) is 25.2 Å². The average Bonchev–Trinajstić information content (AvgIpc) is 3.98. The zero-order chi connectivity index (χ0) is 61.8. The molecule has 0 radical (unpaired) electrons. The number of likely N-dealkylation sites (tertiary alicyclic amines) is 1. The van der Waals surface area contributed by atoms with Gasteiger partial charge >= 0.3 is 5.97 Å². The van der Waals surface area contributed by atoms with Crippen LogP contribution in [-0.2, 0) is 52.7 Å². The third-order valence-electron chi connectivity index (χ3n) is 12.2. The van der Waals surface area contributed by atoms with Gasteiger partial charge in [0.2, 0.25) is 53.2 Å². The molecule has 1 aliphatic rings. The van der Waals surface area contributed by atoms with Gasteiger partial charge in [-0.3, -0.25) is 78.2 Å². The van der Waals surface area contributed by atoms with Crippen molar-refractivity contribution in [2.45, 2.75) is 140 Å². The first-order chi connectivity index (χ1) is 38.5. The summed E-state index contributed by atoms with van der Waals surface area (Å²) in [6.45, 7) is 3.38. The number of rotatable bonds is 37. The fraction of sp³-hybridized carbons (Fsp3) is 0.596. The molecule has 9 amide bonds. The topological polar surface area (TPSA) is 575 Å². The number of nitro groups is 2. The van der Waals surface area contributed by atoms with E-state index in [1.807, 2.05) is 0 Å². The Balaban J connectivity index is 2.38. The number of benzene rings is 1. The highest BCUT2D eigenvalue weighted by Gasteiger charge is 2.38. The molecule has 2 rings (SSSR count). The Morgan fingerprint density at radius 2 is 1.33 bits per heavy atom. The minimum Gasteiger partial charge on any atom is -0.481 e. The third-order valence-corrected chi connectivity index (χ3v) is 12.2. The number of nitro benzene ring substituents is 2. The smallest absolute Gasteiger partial charge is 0.303 e. The highest BCUT2D eigenvalue weighted by atomic mass is 16.6. The lowest BCUT2D eigenvalue weighted by Gasteiger charge is -2.28. The maximum Gasteiger partial charge on any atom is 0.303 e. The van der Waals surface area contributed by atoms with E-state index in [1.54, 1.807) is 13.8 Å². The molecule has 1 heterocycles. The minimum absolute atomic E-state index is 0.00927. The second-order valence-electron chi connectivity index (χ2n) is 19.4. The molecule has 0 aliphatic carbocycles. The summed E-state index contributed by atoms with van der Waals surface area (Å²) in [6, 6.07) is -8.44. The number of aliphatic imine (C=N–C) groups is 2. The lowest BCUT2D eigenvalue weighted by atomic mass is 10.0. The summed E-state index contributed by atoms with van der Waals surface area (Å²) in [6.07, 6.45) is -0.147. The standard InChI is InChI=1S/C47H75N19O16/c1-24(2)19-32(60-37(69)22-57-40(73)31(13-14-36(49)68)62-44(77)34-9-6-18-64(34)45(78)28(48)7-4-16-54-46(50)51)42(75)63-33(21-56-29-12-11-27(65(79)80)20-35(29)66(81)82)43(76)58-25(3)39(72)61-30(8-5-17-55-47(52)53)41(74)59-26(23-67)10-15-38(70)71/h11-12,20,23-26,28,30-34,56H,4-10,13-19,21-22,48H2,1-3H3,(H2,49,68)(H,57,73)(H,58,76)(H,59,74)(H,60,69)(H,61,72)(H,62,77)(H,63,75)(H,70,71)(H4,50,51,54)(H4,52,53,55)/t25-,26+,28+,30+,31-,32-,33-,34-/m0/s1. The molecule has 0 bridgehead atoms. The number of nitrogens with two attached hydrogens (primary N) is 6. The van der Waals surface area contributed by atoms with Crippen molar-refractivity contribution in [2.24, 2.45) is 50.3 Å². The number of carbonyl (C=O) groups is 11. The maximum absolute atomic E-state index is 14.1. The average molecular weight is 1160 g/mol. The van der Waals surface area contributed by atoms with Crippen LogP contribution in [0.25, 0.3) is 0 Å². The molecule has 0 unspecified atom stereocenters. The van der Waals surface area contributed by atoms with Gasteiger partial charge in [0.25, 0.3) is 11.4 Å². The monoisotopic (exact) mass is 1160 g/mol. The fourth-order valence-corrected chi connectivity index (χ4v) is 8.03. The van der Waals surface area contributed by atoms with Crippen molar-refractivity contribution in [2.75, 3.05) is 38.0 Å². The van der Waals surface area contributed by atoms with E-state index in [9.17, 15) is 73.0 Å². The number of nitrogens with one attached hydrogen (secondary N) is 8. The van der Waals surface area contributed by atoms with Crippen molar-refractivity contribution in [3.8, 4) is 0 Å². The van der Waals surface area contributed by atoms with Gasteiger partial charge in [0.05, 0.1) is 34.5 Å². The van der Waals surface area contributed by atoms with E-state index >= 15 is 0 Å². The van der Waals surface area contributed by atoms with Crippen LogP contribution in [0.5, 0.6) is 0 Å². The summed E-state index contributed by atoms with van der Waals surface area (Å²) < 4.78 is 0. The van der Waals surface area contributed by atoms with Crippen LogP contribution < -0.4 is 76.9 Å². The van der Waals surface area contributed by atoms with Crippen LogP contribution in [0, 0.1) is 26.1 Å². The van der Waals surface area contributed by atoms with Gasteiger partial charge in [-0.2, -0.15) is 0 Å². The molecule has 35 nitrogen and oxygen atoms in total. The summed E-state index contributed by atoms with van der Waals surface area (Å²) in [7, 11) is 0. The zero-order valence-electron chi connectivity index (χ0n) is 45.6. The molecule has 1 aromatic carbocycles. The van der Waals surface area contributed by atoms with Gasteiger partial charge in [0, 0.05) is 45.1 Å². The molecule has 1 aromatic rings. The maximum atomic E-state index is 14.1. The van der Waals surface area contributed by atoms with Crippen LogP contribution in [0.1, 0.15) is 91.4 Å². The Labute approximate surface area is 469 Å². The second kappa shape index (κ2) is 34.6. The third kappa shape index (κ3) is 24.8. The fourth-order valence-electron chi connectivity index (χ4n) is 8.03. The summed E-state index contributed by atoms with van der Waals surface area (Å²) in [5.41, 5.74) is 31.1. The van der Waals surface area contributed by atoms with Crippen LogP contribution in [0.2, 0.25) is 0 Å². The Hall–Kier alpha value is -9.31. The lowest BCUT2D eigenvalue weighted by Crippen LogP contribution is -2.60. The normalized spacial score (nSPS) is 15.2. The number of amides is 9. The molecule has 1 saturated heterocycles. The summed E-state index contributed by atoms with van der Waals surface area (Å²) >= 11 is 0. The van der Waals surface area contributed by atoms with Gasteiger partial charge in [-0.25, -0.2) is 0 Å². The molecule has 0 spiro atoms. The number of non-ortho nitro benzene ring substituents is 1. The summed E-state index contributed by atoms with van der Waals surface area (Å²) in [4.78, 5) is 174. The number of carboxylic acid groups (broad SMARTS) is 1. The predicted octanol–water partition coefficient (Wildman–Crippen LogP) is -5.24. The number of aliphatic carboxylic acids is 1. The van der Waals surface area contributed by atoms with Gasteiger partial charge in [-0.1, -0.05) is 13.8 Å². The molecule has 1 fully saturated rings. The van der Waals surface area contributed by atoms with Crippen molar-refractivity contribution in [1.82, 2.24) is 42.1 Å². The zero-order valence-corrected chi connectivity index (χ0v) is 45.6. The van der Waals surface area contributed by atoms with Crippen molar-refractivity contribution < 1.29 is 67.7 Å². The van der Waals surface area contributed by atoms with E-state index in [1.165, 1.54) is 11.8 Å². The Morgan fingerprint density at radius 3 is 1.90 bits per heavy atom. The van der Waals surface area contributed by atoms with E-state index in [4.69, 9.17) is 39.5 Å². The first-order valence-electron chi connectivity index (χ1n) is 25.9. The van der Waals surface area contributed by atoms with Gasteiger partial charge < -0.3 is 91.7 Å². The highest BCUT2D eigenvalue weighted by Crippen LogP contribution is 2.29. The lowest BCUT2D eigenvalue weighted by molar-refractivity contribution is -0.393. The molecule has 0 saturated carbocycles. The molecular formula is C47H75N19O16.